The van der Waals surface area contributed by atoms with E-state index in [9.17, 15) is 18.3 Å². The Balaban J connectivity index is 2.39. The Hall–Kier alpha value is -1.56. The fourth-order valence-electron chi connectivity index (χ4n) is 2.66. The smallest absolute Gasteiger partial charge is 0.326 e. The second-order valence-electron chi connectivity index (χ2n) is 5.26. The van der Waals surface area contributed by atoms with Gasteiger partial charge in [0, 0.05) is 18.5 Å². The third kappa shape index (κ3) is 2.95. The Bertz CT molecular complexity index is 624. The molecule has 1 atom stereocenters. The zero-order chi connectivity index (χ0) is 14.9. The van der Waals surface area contributed by atoms with Crippen LogP contribution in [-0.2, 0) is 14.6 Å². The Morgan fingerprint density at radius 1 is 1.35 bits per heavy atom. The number of anilines is 1. The molecule has 6 heteroatoms. The molecule has 110 valence electrons. The summed E-state index contributed by atoms with van der Waals surface area (Å²) in [5.41, 5.74) is 1.60. The summed E-state index contributed by atoms with van der Waals surface area (Å²) in [5, 5.41) is 9.31. The van der Waals surface area contributed by atoms with Crippen molar-refractivity contribution >= 4 is 21.5 Å². The number of carboxylic acids is 1. The molecule has 1 N–H and O–H groups in total. The largest absolute Gasteiger partial charge is 0.480 e. The maximum Gasteiger partial charge on any atom is 0.326 e. The average Bonchev–Trinajstić information content (AvgIpc) is 2.37. The van der Waals surface area contributed by atoms with E-state index in [1.54, 1.807) is 18.2 Å². The summed E-state index contributed by atoms with van der Waals surface area (Å²) in [5.74, 6) is -0.823. The quantitative estimate of drug-likeness (QED) is 0.921. The number of carbonyl (C=O) groups is 1. The SMILES string of the molecule is Cc1cc(S(C)(=O)=O)ccc1N1CCCC[C@H]1C(=O)O. The van der Waals surface area contributed by atoms with Gasteiger partial charge in [0.2, 0.25) is 0 Å². The molecule has 0 bridgehead atoms. The van der Waals surface area contributed by atoms with Crippen molar-refractivity contribution in [3.8, 4) is 0 Å². The molecule has 0 saturated carbocycles. The van der Waals surface area contributed by atoms with E-state index in [0.717, 1.165) is 24.1 Å². The number of aliphatic carboxylic acids is 1. The molecule has 0 amide bonds. The second-order valence-corrected chi connectivity index (χ2v) is 7.28. The van der Waals surface area contributed by atoms with Crippen LogP contribution in [0.5, 0.6) is 0 Å². The Labute approximate surface area is 119 Å². The van der Waals surface area contributed by atoms with Crippen molar-refractivity contribution in [2.75, 3.05) is 17.7 Å². The van der Waals surface area contributed by atoms with Crippen LogP contribution in [0.15, 0.2) is 23.1 Å². The summed E-state index contributed by atoms with van der Waals surface area (Å²) in [6.07, 6.45) is 3.66. The lowest BCUT2D eigenvalue weighted by molar-refractivity contribution is -0.139. The van der Waals surface area contributed by atoms with Gasteiger partial charge in [-0.05, 0) is 49.9 Å². The van der Waals surface area contributed by atoms with Gasteiger partial charge in [0.1, 0.15) is 6.04 Å². The molecule has 5 nitrogen and oxygen atoms in total. The van der Waals surface area contributed by atoms with E-state index in [-0.39, 0.29) is 4.90 Å². The highest BCUT2D eigenvalue weighted by Gasteiger charge is 2.29. The van der Waals surface area contributed by atoms with Gasteiger partial charge >= 0.3 is 5.97 Å². The number of carboxylic acid groups (broad SMARTS) is 1. The molecule has 0 aliphatic carbocycles. The first kappa shape index (κ1) is 14.8. The molecule has 0 spiro atoms. The van der Waals surface area contributed by atoms with Gasteiger partial charge in [0.25, 0.3) is 0 Å². The molecular formula is C14H19NO4S. The summed E-state index contributed by atoms with van der Waals surface area (Å²) in [7, 11) is -3.24. The molecule has 20 heavy (non-hydrogen) atoms. The minimum absolute atomic E-state index is 0.266. The molecule has 0 unspecified atom stereocenters. The molecule has 1 aliphatic rings. The Morgan fingerprint density at radius 2 is 2.05 bits per heavy atom. The zero-order valence-corrected chi connectivity index (χ0v) is 12.5. The number of nitrogens with zero attached hydrogens (tertiary/aromatic N) is 1. The number of benzene rings is 1. The van der Waals surface area contributed by atoms with E-state index < -0.39 is 21.8 Å². The fourth-order valence-corrected chi connectivity index (χ4v) is 3.36. The normalized spacial score (nSPS) is 19.9. The first-order chi connectivity index (χ1) is 9.30. The highest BCUT2D eigenvalue weighted by Crippen LogP contribution is 2.29. The average molecular weight is 297 g/mol. The second kappa shape index (κ2) is 5.44. The van der Waals surface area contributed by atoms with Crippen molar-refractivity contribution in [1.82, 2.24) is 0 Å². The predicted molar refractivity (Wildman–Crippen MR) is 76.9 cm³/mol. The maximum atomic E-state index is 11.5. The van der Waals surface area contributed by atoms with Crippen molar-refractivity contribution in [2.45, 2.75) is 37.1 Å². The van der Waals surface area contributed by atoms with Crippen molar-refractivity contribution < 1.29 is 18.3 Å². The van der Waals surface area contributed by atoms with Crippen LogP contribution in [0.2, 0.25) is 0 Å². The van der Waals surface area contributed by atoms with Crippen molar-refractivity contribution in [1.29, 1.82) is 0 Å². The van der Waals surface area contributed by atoms with Crippen LogP contribution in [0.4, 0.5) is 5.69 Å². The summed E-state index contributed by atoms with van der Waals surface area (Å²) in [6.45, 7) is 2.51. The Kier molecular flexibility index (Phi) is 4.04. The van der Waals surface area contributed by atoms with E-state index in [0.29, 0.717) is 13.0 Å². The third-order valence-corrected chi connectivity index (χ3v) is 4.80. The minimum Gasteiger partial charge on any atom is -0.480 e. The van der Waals surface area contributed by atoms with Gasteiger partial charge in [-0.3, -0.25) is 0 Å². The monoisotopic (exact) mass is 297 g/mol. The lowest BCUT2D eigenvalue weighted by Gasteiger charge is -2.35. The van der Waals surface area contributed by atoms with Gasteiger partial charge in [0.15, 0.2) is 9.84 Å². The highest BCUT2D eigenvalue weighted by atomic mass is 32.2. The van der Waals surface area contributed by atoms with E-state index in [4.69, 9.17) is 0 Å². The summed E-state index contributed by atoms with van der Waals surface area (Å²) in [6, 6.07) is 4.35. The van der Waals surface area contributed by atoms with Crippen molar-refractivity contribution in [3.05, 3.63) is 23.8 Å². The van der Waals surface area contributed by atoms with Gasteiger partial charge in [-0.2, -0.15) is 0 Å². The standard InChI is InChI=1S/C14H19NO4S/c1-10-9-11(20(2,18)19)6-7-12(10)15-8-4-3-5-13(15)14(16)17/h6-7,9,13H,3-5,8H2,1-2H3,(H,16,17)/t13-/m0/s1. The third-order valence-electron chi connectivity index (χ3n) is 3.69. The van der Waals surface area contributed by atoms with Crippen molar-refractivity contribution in [2.24, 2.45) is 0 Å². The van der Waals surface area contributed by atoms with E-state index in [1.807, 2.05) is 11.8 Å². The van der Waals surface area contributed by atoms with E-state index >= 15 is 0 Å². The van der Waals surface area contributed by atoms with Crippen LogP contribution in [0, 0.1) is 6.92 Å². The van der Waals surface area contributed by atoms with Crippen LogP contribution in [0.25, 0.3) is 0 Å². The lowest BCUT2D eigenvalue weighted by Crippen LogP contribution is -2.45. The molecule has 1 aromatic rings. The summed E-state index contributed by atoms with van der Waals surface area (Å²) < 4.78 is 23.1. The lowest BCUT2D eigenvalue weighted by atomic mass is 10.00. The molecular weight excluding hydrogens is 278 g/mol. The van der Waals surface area contributed by atoms with Crippen LogP contribution >= 0.6 is 0 Å². The van der Waals surface area contributed by atoms with E-state index in [2.05, 4.69) is 0 Å². The number of rotatable bonds is 3. The Morgan fingerprint density at radius 3 is 2.60 bits per heavy atom. The van der Waals surface area contributed by atoms with Crippen LogP contribution in [-0.4, -0.2) is 38.3 Å². The first-order valence-electron chi connectivity index (χ1n) is 6.61. The number of aryl methyl sites for hydroxylation is 1. The van der Waals surface area contributed by atoms with Gasteiger partial charge in [-0.15, -0.1) is 0 Å². The van der Waals surface area contributed by atoms with Gasteiger partial charge in [-0.1, -0.05) is 0 Å². The zero-order valence-electron chi connectivity index (χ0n) is 11.7. The van der Waals surface area contributed by atoms with Crippen LogP contribution in [0.1, 0.15) is 24.8 Å². The highest BCUT2D eigenvalue weighted by molar-refractivity contribution is 7.90. The molecule has 1 aromatic carbocycles. The molecule has 1 saturated heterocycles. The van der Waals surface area contributed by atoms with Gasteiger partial charge in [0.05, 0.1) is 4.90 Å². The van der Waals surface area contributed by atoms with Crippen LogP contribution in [0.3, 0.4) is 0 Å². The topological polar surface area (TPSA) is 74.7 Å². The molecule has 1 fully saturated rings. The molecule has 2 rings (SSSR count). The van der Waals surface area contributed by atoms with Crippen molar-refractivity contribution in [3.63, 3.8) is 0 Å². The summed E-state index contributed by atoms with van der Waals surface area (Å²) in [4.78, 5) is 13.5. The number of hydrogen-bond donors (Lipinski definition) is 1. The number of hydrogen-bond acceptors (Lipinski definition) is 4. The molecule has 0 aromatic heterocycles. The number of sulfone groups is 1. The summed E-state index contributed by atoms with van der Waals surface area (Å²) >= 11 is 0. The molecule has 0 radical (unpaired) electrons. The molecule has 1 aliphatic heterocycles. The number of piperidine rings is 1. The molecule has 1 heterocycles. The van der Waals surface area contributed by atoms with E-state index in [1.165, 1.54) is 6.26 Å². The van der Waals surface area contributed by atoms with Crippen LogP contribution < -0.4 is 4.90 Å². The first-order valence-corrected chi connectivity index (χ1v) is 8.50. The maximum absolute atomic E-state index is 11.5. The fraction of sp³-hybridized carbons (Fsp3) is 0.500. The van der Waals surface area contributed by atoms with Gasteiger partial charge in [-0.25, -0.2) is 13.2 Å². The minimum atomic E-state index is -3.24. The van der Waals surface area contributed by atoms with Gasteiger partial charge < -0.3 is 10.0 Å². The predicted octanol–water partition coefficient (Wildman–Crippen LogP) is 1.84.